The van der Waals surface area contributed by atoms with Gasteiger partial charge in [0.2, 0.25) is 0 Å². The van der Waals surface area contributed by atoms with Crippen LogP contribution in [-0.4, -0.2) is 6.17 Å². The third-order valence-corrected chi connectivity index (χ3v) is 5.97. The molecule has 0 bridgehead atoms. The lowest BCUT2D eigenvalue weighted by molar-refractivity contribution is 0.501. The summed E-state index contributed by atoms with van der Waals surface area (Å²) in [7, 11) is 0. The number of rotatable bonds is 3. The van der Waals surface area contributed by atoms with E-state index in [9.17, 15) is 0 Å². The van der Waals surface area contributed by atoms with E-state index in [-0.39, 0.29) is 6.17 Å². The zero-order valence-corrected chi connectivity index (χ0v) is 17.5. The van der Waals surface area contributed by atoms with Gasteiger partial charge in [-0.2, -0.15) is 0 Å². The zero-order chi connectivity index (χ0) is 19.2. The number of hydrogen-bond acceptors (Lipinski definition) is 2. The molecule has 0 aliphatic carbocycles. The number of aryl methyl sites for hydroxylation is 4. The fraction of sp³-hybridized carbons (Fsp3) is 0.417. The summed E-state index contributed by atoms with van der Waals surface area (Å²) in [5.41, 5.74) is 10.8. The third-order valence-electron chi connectivity index (χ3n) is 5.97. The molecule has 0 spiro atoms. The average molecular weight is 349 g/mol. The van der Waals surface area contributed by atoms with Gasteiger partial charge < -0.3 is 9.80 Å². The van der Waals surface area contributed by atoms with E-state index in [2.05, 4.69) is 102 Å². The molecule has 3 rings (SSSR count). The van der Waals surface area contributed by atoms with Crippen LogP contribution in [0, 0.1) is 47.5 Å². The fourth-order valence-corrected chi connectivity index (χ4v) is 3.90. The Balaban J connectivity index is 2.03. The molecule has 0 atom stereocenters. The highest BCUT2D eigenvalue weighted by molar-refractivity contribution is 5.65. The van der Waals surface area contributed by atoms with E-state index in [0.29, 0.717) is 5.92 Å². The predicted molar refractivity (Wildman–Crippen MR) is 114 cm³/mol. The second kappa shape index (κ2) is 6.83. The highest BCUT2D eigenvalue weighted by Crippen LogP contribution is 2.35. The Labute approximate surface area is 159 Å². The summed E-state index contributed by atoms with van der Waals surface area (Å²) in [5, 5.41) is 0. The first-order valence-electron chi connectivity index (χ1n) is 9.61. The summed E-state index contributed by atoms with van der Waals surface area (Å²) in [5.74, 6) is 0.494. The monoisotopic (exact) mass is 348 g/mol. The Morgan fingerprint density at radius 1 is 0.615 bits per heavy atom. The average Bonchev–Trinajstić information content (AvgIpc) is 3.02. The Morgan fingerprint density at radius 2 is 0.923 bits per heavy atom. The van der Waals surface area contributed by atoms with Crippen LogP contribution in [0.4, 0.5) is 11.4 Å². The molecule has 0 aromatic heterocycles. The van der Waals surface area contributed by atoms with Gasteiger partial charge in [-0.05, 0) is 105 Å². The Hall–Kier alpha value is -2.22. The van der Waals surface area contributed by atoms with Crippen molar-refractivity contribution >= 4 is 11.4 Å². The second-order valence-corrected chi connectivity index (χ2v) is 8.18. The van der Waals surface area contributed by atoms with E-state index in [1.54, 1.807) is 0 Å². The van der Waals surface area contributed by atoms with Crippen molar-refractivity contribution in [1.82, 2.24) is 0 Å². The van der Waals surface area contributed by atoms with Crippen LogP contribution in [0.2, 0.25) is 0 Å². The zero-order valence-electron chi connectivity index (χ0n) is 17.5. The first-order valence-corrected chi connectivity index (χ1v) is 9.61. The molecule has 0 saturated heterocycles. The molecule has 2 nitrogen and oxygen atoms in total. The molecule has 1 heterocycles. The molecular formula is C24H32N2. The molecule has 2 aromatic rings. The van der Waals surface area contributed by atoms with E-state index in [4.69, 9.17) is 0 Å². The fourth-order valence-electron chi connectivity index (χ4n) is 3.90. The molecule has 1 aliphatic rings. The molecule has 0 amide bonds. The highest BCUT2D eigenvalue weighted by atomic mass is 15.4. The summed E-state index contributed by atoms with van der Waals surface area (Å²) in [6.45, 7) is 17.9. The molecule has 2 heteroatoms. The molecule has 0 radical (unpaired) electrons. The van der Waals surface area contributed by atoms with Gasteiger partial charge in [-0.3, -0.25) is 0 Å². The van der Waals surface area contributed by atoms with Gasteiger partial charge in [0, 0.05) is 23.8 Å². The van der Waals surface area contributed by atoms with Crippen molar-refractivity contribution < 1.29 is 0 Å². The lowest BCUT2D eigenvalue weighted by atomic mass is 10.0. The van der Waals surface area contributed by atoms with Crippen molar-refractivity contribution in [3.05, 3.63) is 70.0 Å². The molecule has 26 heavy (non-hydrogen) atoms. The number of nitrogens with zero attached hydrogens (tertiary/aromatic N) is 2. The van der Waals surface area contributed by atoms with Gasteiger partial charge in [0.1, 0.15) is 6.17 Å². The van der Waals surface area contributed by atoms with Crippen LogP contribution < -0.4 is 9.80 Å². The summed E-state index contributed by atoms with van der Waals surface area (Å²) in [6, 6.07) is 9.27. The van der Waals surface area contributed by atoms with E-state index < -0.39 is 0 Å². The second-order valence-electron chi connectivity index (χ2n) is 8.18. The van der Waals surface area contributed by atoms with Crippen LogP contribution in [0.5, 0.6) is 0 Å². The van der Waals surface area contributed by atoms with Crippen LogP contribution in [0.1, 0.15) is 47.2 Å². The maximum absolute atomic E-state index is 2.43. The Kier molecular flexibility index (Phi) is 4.88. The van der Waals surface area contributed by atoms with Crippen molar-refractivity contribution in [2.75, 3.05) is 9.80 Å². The van der Waals surface area contributed by atoms with Gasteiger partial charge in [0.15, 0.2) is 0 Å². The molecule has 1 aliphatic heterocycles. The summed E-state index contributed by atoms with van der Waals surface area (Å²) in [4.78, 5) is 4.85. The van der Waals surface area contributed by atoms with E-state index in [1.807, 2.05) is 0 Å². The lowest BCUT2D eigenvalue weighted by Gasteiger charge is -2.36. The minimum atomic E-state index is 0.290. The van der Waals surface area contributed by atoms with Gasteiger partial charge in [-0.25, -0.2) is 0 Å². The van der Waals surface area contributed by atoms with Gasteiger partial charge in [-0.15, -0.1) is 0 Å². The van der Waals surface area contributed by atoms with E-state index >= 15 is 0 Å². The van der Waals surface area contributed by atoms with Gasteiger partial charge in [0.05, 0.1) is 0 Å². The third kappa shape index (κ3) is 3.13. The largest absolute Gasteiger partial charge is 0.325 e. The van der Waals surface area contributed by atoms with E-state index in [0.717, 1.165) is 0 Å². The molecular weight excluding hydrogens is 316 g/mol. The highest BCUT2D eigenvalue weighted by Gasteiger charge is 2.31. The van der Waals surface area contributed by atoms with E-state index in [1.165, 1.54) is 44.8 Å². The van der Waals surface area contributed by atoms with Crippen molar-refractivity contribution in [2.45, 2.75) is 61.6 Å². The number of benzene rings is 2. The predicted octanol–water partition coefficient (Wildman–Crippen LogP) is 6.32. The first-order chi connectivity index (χ1) is 12.2. The Bertz CT molecular complexity index is 747. The van der Waals surface area contributed by atoms with Gasteiger partial charge in [0.25, 0.3) is 0 Å². The summed E-state index contributed by atoms with van der Waals surface area (Å²) in [6.07, 6.45) is 4.76. The van der Waals surface area contributed by atoms with Crippen molar-refractivity contribution in [3.63, 3.8) is 0 Å². The first kappa shape index (κ1) is 18.6. The SMILES string of the molecule is Cc1cc(N2C=CN(c3cc(C)c(C)c(C)c3)C2C(C)C)cc(C)c1C. The van der Waals surface area contributed by atoms with Crippen LogP contribution in [-0.2, 0) is 0 Å². The molecule has 0 saturated carbocycles. The lowest BCUT2D eigenvalue weighted by Crippen LogP contribution is -2.43. The smallest absolute Gasteiger partial charge is 0.112 e. The van der Waals surface area contributed by atoms with Gasteiger partial charge >= 0.3 is 0 Å². The molecule has 0 fully saturated rings. The molecule has 0 unspecified atom stereocenters. The number of anilines is 2. The van der Waals surface area contributed by atoms with Crippen LogP contribution in [0.15, 0.2) is 36.7 Å². The molecule has 2 aromatic carbocycles. The summed E-state index contributed by atoms with van der Waals surface area (Å²) >= 11 is 0. The minimum absolute atomic E-state index is 0.290. The van der Waals surface area contributed by atoms with Crippen LogP contribution >= 0.6 is 0 Å². The van der Waals surface area contributed by atoms with Crippen LogP contribution in [0.3, 0.4) is 0 Å². The Morgan fingerprint density at radius 3 is 1.19 bits per heavy atom. The maximum Gasteiger partial charge on any atom is 0.112 e. The number of hydrogen-bond donors (Lipinski definition) is 0. The minimum Gasteiger partial charge on any atom is -0.325 e. The maximum atomic E-state index is 2.43. The molecule has 0 N–H and O–H groups in total. The topological polar surface area (TPSA) is 6.48 Å². The normalized spacial score (nSPS) is 14.8. The van der Waals surface area contributed by atoms with Crippen LogP contribution in [0.25, 0.3) is 0 Å². The quantitative estimate of drug-likeness (QED) is 0.640. The van der Waals surface area contributed by atoms with Crippen molar-refractivity contribution in [3.8, 4) is 0 Å². The van der Waals surface area contributed by atoms with Gasteiger partial charge in [-0.1, -0.05) is 13.8 Å². The van der Waals surface area contributed by atoms with Crippen molar-refractivity contribution in [2.24, 2.45) is 5.92 Å². The standard InChI is InChI=1S/C24H32N2/c1-15(2)24-25(22-11-16(3)20(7)17(4)12-22)9-10-26(24)23-13-18(5)21(8)19(6)14-23/h9-15,24H,1-8H3. The summed E-state index contributed by atoms with van der Waals surface area (Å²) < 4.78 is 0. The van der Waals surface area contributed by atoms with Crippen molar-refractivity contribution in [1.29, 1.82) is 0 Å². The molecule has 138 valence electrons.